The van der Waals surface area contributed by atoms with Crippen LogP contribution in [0.1, 0.15) is 49.4 Å². The fourth-order valence-electron chi connectivity index (χ4n) is 2.93. The molecule has 1 unspecified atom stereocenters. The molecule has 2 aromatic carbocycles. The van der Waals surface area contributed by atoms with Crippen LogP contribution < -0.4 is 10.1 Å². The topological polar surface area (TPSA) is 83.1 Å². The van der Waals surface area contributed by atoms with E-state index in [0.29, 0.717) is 22.6 Å². The molecule has 0 aromatic heterocycles. The van der Waals surface area contributed by atoms with Crippen molar-refractivity contribution in [3.63, 3.8) is 0 Å². The molecule has 0 radical (unpaired) electrons. The number of rotatable bonds is 10. The molecule has 0 fully saturated rings. The molecular weight excluding hydrogens is 405 g/mol. The van der Waals surface area contributed by atoms with Crippen LogP contribution in [0.25, 0.3) is 0 Å². The molecule has 7 nitrogen and oxygen atoms in total. The van der Waals surface area contributed by atoms with E-state index in [1.54, 1.807) is 65.1 Å². The van der Waals surface area contributed by atoms with Crippen LogP contribution in [0.15, 0.2) is 48.5 Å². The molecule has 30 heavy (non-hydrogen) atoms. The van der Waals surface area contributed by atoms with Gasteiger partial charge in [0, 0.05) is 11.3 Å². The molecule has 0 bridgehead atoms. The van der Waals surface area contributed by atoms with Gasteiger partial charge in [-0.05, 0) is 58.0 Å². The van der Waals surface area contributed by atoms with Crippen LogP contribution in [0.3, 0.4) is 0 Å². The monoisotopic (exact) mass is 435 g/mol. The van der Waals surface area contributed by atoms with Crippen LogP contribution in [0.4, 0.5) is 5.69 Å². The SMILES string of the molecule is COC(=O)c1ccc(NC(c2ccccc2OC)P(=O)(OC(C)C)OC(C)C)cc1. The highest BCUT2D eigenvalue weighted by Crippen LogP contribution is 2.63. The molecule has 0 aliphatic heterocycles. The predicted molar refractivity (Wildman–Crippen MR) is 117 cm³/mol. The Morgan fingerprint density at radius 3 is 1.97 bits per heavy atom. The summed E-state index contributed by atoms with van der Waals surface area (Å²) in [6.45, 7) is 7.23. The summed E-state index contributed by atoms with van der Waals surface area (Å²) in [6.07, 6.45) is -0.648. The Morgan fingerprint density at radius 1 is 0.900 bits per heavy atom. The van der Waals surface area contributed by atoms with Crippen LogP contribution in [-0.2, 0) is 18.3 Å². The third-order valence-corrected chi connectivity index (χ3v) is 6.55. The van der Waals surface area contributed by atoms with E-state index < -0.39 is 19.3 Å². The van der Waals surface area contributed by atoms with Crippen molar-refractivity contribution in [1.29, 1.82) is 0 Å². The lowest BCUT2D eigenvalue weighted by Gasteiger charge is -2.32. The fourth-order valence-corrected chi connectivity index (χ4v) is 5.26. The van der Waals surface area contributed by atoms with Crippen molar-refractivity contribution < 1.29 is 27.9 Å². The summed E-state index contributed by atoms with van der Waals surface area (Å²) in [7, 11) is -0.806. The number of methoxy groups -OCH3 is 2. The Labute approximate surface area is 178 Å². The quantitative estimate of drug-likeness (QED) is 0.382. The maximum atomic E-state index is 14.0. The highest BCUT2D eigenvalue weighted by molar-refractivity contribution is 7.54. The van der Waals surface area contributed by atoms with Gasteiger partial charge < -0.3 is 23.8 Å². The van der Waals surface area contributed by atoms with E-state index in [2.05, 4.69) is 5.32 Å². The van der Waals surface area contributed by atoms with Gasteiger partial charge in [0.1, 0.15) is 5.75 Å². The standard InChI is InChI=1S/C22H30NO6P/c1-15(2)28-30(25,29-16(3)4)21(19-9-7-8-10-20(19)26-5)23-18-13-11-17(12-14-18)22(24)27-6/h7-16,21,23H,1-6H3. The lowest BCUT2D eigenvalue weighted by Crippen LogP contribution is -2.20. The van der Waals surface area contributed by atoms with E-state index >= 15 is 0 Å². The van der Waals surface area contributed by atoms with Crippen LogP contribution in [0.5, 0.6) is 5.75 Å². The van der Waals surface area contributed by atoms with Gasteiger partial charge in [-0.2, -0.15) is 0 Å². The summed E-state index contributed by atoms with van der Waals surface area (Å²) in [5.74, 6) is -0.705. The Kier molecular flexibility index (Phi) is 8.47. The molecule has 0 aliphatic carbocycles. The second kappa shape index (κ2) is 10.6. The van der Waals surface area contributed by atoms with E-state index in [0.717, 1.165) is 0 Å². The second-order valence-electron chi connectivity index (χ2n) is 7.21. The Hall–Kier alpha value is -2.34. The molecule has 0 saturated carbocycles. The summed E-state index contributed by atoms with van der Waals surface area (Å²) in [5.41, 5.74) is 1.69. The van der Waals surface area contributed by atoms with Gasteiger partial charge in [-0.25, -0.2) is 4.79 Å². The predicted octanol–water partition coefficient (Wildman–Crippen LogP) is 5.64. The van der Waals surface area contributed by atoms with Gasteiger partial charge in [0.2, 0.25) is 0 Å². The van der Waals surface area contributed by atoms with Gasteiger partial charge >= 0.3 is 13.6 Å². The normalized spacial score (nSPS) is 12.7. The number of hydrogen-bond donors (Lipinski definition) is 1. The largest absolute Gasteiger partial charge is 0.496 e. The number of carbonyl (C=O) groups excluding carboxylic acids is 1. The number of ether oxygens (including phenoxy) is 2. The highest BCUT2D eigenvalue weighted by Gasteiger charge is 2.41. The Morgan fingerprint density at radius 2 is 1.47 bits per heavy atom. The number of nitrogens with one attached hydrogen (secondary N) is 1. The van der Waals surface area contributed by atoms with Crippen molar-refractivity contribution in [1.82, 2.24) is 0 Å². The zero-order valence-electron chi connectivity index (χ0n) is 18.2. The summed E-state index contributed by atoms with van der Waals surface area (Å²) in [5, 5.41) is 3.26. The maximum absolute atomic E-state index is 14.0. The molecule has 0 amide bonds. The van der Waals surface area contributed by atoms with E-state index in [-0.39, 0.29) is 12.2 Å². The fraction of sp³-hybridized carbons (Fsp3) is 0.409. The third-order valence-electron chi connectivity index (χ3n) is 4.07. The van der Waals surface area contributed by atoms with Gasteiger partial charge in [0.05, 0.1) is 32.0 Å². The summed E-state index contributed by atoms with van der Waals surface area (Å²) in [6, 6.07) is 14.0. The van der Waals surface area contributed by atoms with E-state index in [4.69, 9.17) is 18.5 Å². The lowest BCUT2D eigenvalue weighted by atomic mass is 10.1. The van der Waals surface area contributed by atoms with Crippen LogP contribution in [-0.4, -0.2) is 32.4 Å². The Balaban J connectivity index is 2.52. The van der Waals surface area contributed by atoms with Crippen molar-refractivity contribution in [2.24, 2.45) is 0 Å². The van der Waals surface area contributed by atoms with Crippen molar-refractivity contribution in [2.75, 3.05) is 19.5 Å². The number of hydrogen-bond acceptors (Lipinski definition) is 7. The Bertz CT molecular complexity index is 867. The zero-order valence-corrected chi connectivity index (χ0v) is 19.1. The third kappa shape index (κ3) is 6.08. The highest BCUT2D eigenvalue weighted by atomic mass is 31.2. The zero-order chi connectivity index (χ0) is 22.3. The van der Waals surface area contributed by atoms with E-state index in [1.807, 2.05) is 18.2 Å². The van der Waals surface area contributed by atoms with Crippen molar-refractivity contribution in [3.05, 3.63) is 59.7 Å². The van der Waals surface area contributed by atoms with Gasteiger partial charge in [0.25, 0.3) is 0 Å². The molecule has 2 rings (SSSR count). The first-order valence-electron chi connectivity index (χ1n) is 9.74. The van der Waals surface area contributed by atoms with E-state index in [9.17, 15) is 9.36 Å². The molecule has 0 aliphatic rings. The molecule has 1 N–H and O–H groups in total. The van der Waals surface area contributed by atoms with Gasteiger partial charge in [-0.1, -0.05) is 18.2 Å². The molecule has 0 heterocycles. The van der Waals surface area contributed by atoms with Crippen LogP contribution >= 0.6 is 7.60 Å². The molecule has 0 saturated heterocycles. The second-order valence-corrected chi connectivity index (χ2v) is 9.22. The molecule has 2 aromatic rings. The van der Waals surface area contributed by atoms with Gasteiger partial charge in [-0.15, -0.1) is 0 Å². The van der Waals surface area contributed by atoms with Gasteiger partial charge in [0.15, 0.2) is 5.78 Å². The van der Waals surface area contributed by atoms with Crippen LogP contribution in [0.2, 0.25) is 0 Å². The average Bonchev–Trinajstić information content (AvgIpc) is 2.70. The summed E-state index contributed by atoms with van der Waals surface area (Å²) < 4.78 is 35.9. The molecular formula is C22H30NO6P. The molecule has 0 spiro atoms. The molecule has 1 atom stereocenters. The first-order valence-corrected chi connectivity index (χ1v) is 11.4. The lowest BCUT2D eigenvalue weighted by molar-refractivity contribution is 0.0600. The smallest absolute Gasteiger partial charge is 0.357 e. The van der Waals surface area contributed by atoms with Crippen molar-refractivity contribution in [2.45, 2.75) is 45.7 Å². The number of benzene rings is 2. The summed E-state index contributed by atoms with van der Waals surface area (Å²) in [4.78, 5) is 11.7. The van der Waals surface area contributed by atoms with Gasteiger partial charge in [-0.3, -0.25) is 4.57 Å². The minimum atomic E-state index is -3.69. The number of para-hydroxylation sites is 1. The minimum absolute atomic E-state index is 0.324. The summed E-state index contributed by atoms with van der Waals surface area (Å²) >= 11 is 0. The first kappa shape index (κ1) is 23.9. The molecule has 8 heteroatoms. The van der Waals surface area contributed by atoms with Crippen molar-refractivity contribution >= 4 is 19.3 Å². The van der Waals surface area contributed by atoms with Crippen LogP contribution in [0, 0.1) is 0 Å². The number of esters is 1. The minimum Gasteiger partial charge on any atom is -0.496 e. The average molecular weight is 435 g/mol. The number of anilines is 1. The first-order chi connectivity index (χ1) is 14.2. The van der Waals surface area contributed by atoms with Crippen molar-refractivity contribution in [3.8, 4) is 5.75 Å². The molecule has 164 valence electrons. The van der Waals surface area contributed by atoms with E-state index in [1.165, 1.54) is 7.11 Å². The number of carbonyl (C=O) groups is 1. The maximum Gasteiger partial charge on any atom is 0.357 e.